The van der Waals surface area contributed by atoms with Crippen LogP contribution in [0.3, 0.4) is 0 Å². The van der Waals surface area contributed by atoms with Gasteiger partial charge in [0.1, 0.15) is 11.5 Å². The zero-order valence-corrected chi connectivity index (χ0v) is 48.9. The zero-order chi connectivity index (χ0) is 57.2. The van der Waals surface area contributed by atoms with E-state index < -0.39 is 0 Å². The molecule has 8 heteroatoms. The van der Waals surface area contributed by atoms with E-state index in [1.165, 1.54) is 98.1 Å². The Balaban J connectivity index is 0.000000838. The van der Waals surface area contributed by atoms with Crippen LogP contribution in [0.4, 0.5) is 11.4 Å². The Bertz CT molecular complexity index is 3020. The second-order valence-corrected chi connectivity index (χ2v) is 20.2. The first-order chi connectivity index (χ1) is 40.3. The van der Waals surface area contributed by atoms with Gasteiger partial charge in [0, 0.05) is 54.2 Å². The summed E-state index contributed by atoms with van der Waals surface area (Å²) in [6, 6.07) is 96.8. The summed E-state index contributed by atoms with van der Waals surface area (Å²) in [5.41, 5.74) is 16.7. The summed E-state index contributed by atoms with van der Waals surface area (Å²) in [6.45, 7) is 6.71. The van der Waals surface area contributed by atoms with Gasteiger partial charge in [-0.05, 0) is 105 Å². The maximum absolute atomic E-state index is 10.0. The molecule has 0 spiro atoms. The molecule has 82 heavy (non-hydrogen) atoms. The van der Waals surface area contributed by atoms with E-state index in [4.69, 9.17) is 14.6 Å². The Morgan fingerprint density at radius 2 is 0.610 bits per heavy atom. The molecule has 414 valence electrons. The Kier molecular flexibility index (Phi) is 20.5. The van der Waals surface area contributed by atoms with Gasteiger partial charge in [-0.3, -0.25) is 4.79 Å². The third-order valence-corrected chi connectivity index (χ3v) is 14.9. The van der Waals surface area contributed by atoms with E-state index in [0.717, 1.165) is 24.6 Å². The number of rotatable bonds is 17. The van der Waals surface area contributed by atoms with E-state index in [-0.39, 0.29) is 35.2 Å². The van der Waals surface area contributed by atoms with E-state index in [1.807, 2.05) is 0 Å². The van der Waals surface area contributed by atoms with Crippen molar-refractivity contribution in [3.8, 4) is 11.5 Å². The summed E-state index contributed by atoms with van der Waals surface area (Å²) in [5, 5.41) is 8.36. The van der Waals surface area contributed by atoms with E-state index in [1.54, 1.807) is 14.2 Å². The van der Waals surface area contributed by atoms with Crippen molar-refractivity contribution in [3.05, 3.63) is 352 Å². The van der Waals surface area contributed by atoms with Crippen LogP contribution in [-0.4, -0.2) is 38.2 Å². The van der Waals surface area contributed by atoms with Gasteiger partial charge in [-0.1, -0.05) is 243 Å². The number of ketones is 1. The SMILES string of the molecule is CC(=O)C=C(C)O.COc1cc(C(c2ccccc2)c2ccccc2)c(N2[CH-]N(c3c(C(c4ccccc4)c4ccccc4)cc(OC)cc3C(c3ccccc3)c3ccccc3)CC2)c(C(c2ccccc2)c2ccccc2)c1.[Cl][Pd+]. The molecule has 0 bridgehead atoms. The minimum atomic E-state index is -0.125. The van der Waals surface area contributed by atoms with Crippen molar-refractivity contribution in [2.24, 2.45) is 0 Å². The number of hydrogen-bond donors (Lipinski definition) is 1. The molecule has 0 aliphatic carbocycles. The minimum absolute atomic E-state index is 0.0625. The fourth-order valence-corrected chi connectivity index (χ4v) is 11.6. The van der Waals surface area contributed by atoms with Crippen LogP contribution in [0.2, 0.25) is 0 Å². The molecule has 11 rings (SSSR count). The summed E-state index contributed by atoms with van der Waals surface area (Å²) in [5.74, 6) is 1.11. The third-order valence-electron chi connectivity index (χ3n) is 14.9. The monoisotopic (exact) mass is 1190 g/mol. The van der Waals surface area contributed by atoms with Gasteiger partial charge >= 0.3 is 27.7 Å². The van der Waals surface area contributed by atoms with Crippen LogP contribution in [0.25, 0.3) is 0 Å². The van der Waals surface area contributed by atoms with Gasteiger partial charge in [-0.25, -0.2) is 0 Å². The molecule has 1 aliphatic heterocycles. The van der Waals surface area contributed by atoms with Crippen LogP contribution in [0.1, 0.15) is 104 Å². The molecule has 0 unspecified atom stereocenters. The number of hydrogen-bond acceptors (Lipinski definition) is 6. The summed E-state index contributed by atoms with van der Waals surface area (Å²) in [7, 11) is 8.08. The quantitative estimate of drug-likeness (QED) is 0.0322. The Morgan fingerprint density at radius 1 is 0.415 bits per heavy atom. The molecule has 1 heterocycles. The van der Waals surface area contributed by atoms with Gasteiger partial charge in [-0.2, -0.15) is 6.67 Å². The molecular formula is C74H67ClN2O4Pd. The molecule has 1 saturated heterocycles. The van der Waals surface area contributed by atoms with E-state index in [0.29, 0.717) is 0 Å². The number of ether oxygens (including phenoxy) is 2. The van der Waals surface area contributed by atoms with Gasteiger partial charge < -0.3 is 24.4 Å². The van der Waals surface area contributed by atoms with Gasteiger partial charge in [0.15, 0.2) is 5.78 Å². The molecule has 1 N–H and O–H groups in total. The van der Waals surface area contributed by atoms with Gasteiger partial charge in [0.2, 0.25) is 0 Å². The van der Waals surface area contributed by atoms with E-state index in [2.05, 4.69) is 311 Å². The molecule has 10 aromatic rings. The number of carbonyl (C=O) groups is 1. The van der Waals surface area contributed by atoms with Crippen LogP contribution >= 0.6 is 9.53 Å². The van der Waals surface area contributed by atoms with Crippen molar-refractivity contribution in [2.75, 3.05) is 37.1 Å². The van der Waals surface area contributed by atoms with Gasteiger partial charge in [0.05, 0.1) is 20.0 Å². The number of aliphatic hydroxyl groups excluding tert-OH is 1. The van der Waals surface area contributed by atoms with Crippen molar-refractivity contribution < 1.29 is 37.6 Å². The fraction of sp³-hybridized carbons (Fsp3) is 0.135. The number of carbonyl (C=O) groups excluding carboxylic acids is 1. The second kappa shape index (κ2) is 28.8. The molecule has 6 nitrogen and oxygen atoms in total. The Labute approximate surface area is 499 Å². The number of nitrogens with zero attached hydrogens (tertiary/aromatic N) is 2. The fourth-order valence-electron chi connectivity index (χ4n) is 11.6. The van der Waals surface area contributed by atoms with Crippen molar-refractivity contribution in [3.63, 3.8) is 0 Å². The molecule has 0 aromatic heterocycles. The zero-order valence-electron chi connectivity index (χ0n) is 46.5. The van der Waals surface area contributed by atoms with E-state index >= 15 is 0 Å². The van der Waals surface area contributed by atoms with Crippen molar-refractivity contribution in [1.82, 2.24) is 0 Å². The Morgan fingerprint density at radius 3 is 0.756 bits per heavy atom. The first kappa shape index (κ1) is 58.2. The first-order valence-corrected chi connectivity index (χ1v) is 29.5. The normalized spacial score (nSPS) is 12.2. The van der Waals surface area contributed by atoms with Crippen molar-refractivity contribution >= 4 is 26.7 Å². The molecular weight excluding hydrogens is 1120 g/mol. The third kappa shape index (κ3) is 13.8. The number of aliphatic hydroxyl groups is 1. The average molecular weight is 1190 g/mol. The van der Waals surface area contributed by atoms with Crippen LogP contribution in [0.5, 0.6) is 11.5 Å². The molecule has 0 radical (unpaired) electrons. The van der Waals surface area contributed by atoms with Crippen LogP contribution in [0.15, 0.2) is 279 Å². The van der Waals surface area contributed by atoms with Gasteiger partial charge in [0.25, 0.3) is 0 Å². The van der Waals surface area contributed by atoms with Crippen LogP contribution in [-0.2, 0) is 23.0 Å². The number of anilines is 2. The number of methoxy groups -OCH3 is 2. The predicted molar refractivity (Wildman–Crippen MR) is 333 cm³/mol. The summed E-state index contributed by atoms with van der Waals surface area (Å²) in [4.78, 5) is 15.1. The predicted octanol–water partition coefficient (Wildman–Crippen LogP) is 17.6. The number of halogens is 1. The molecule has 0 saturated carbocycles. The van der Waals surface area contributed by atoms with Crippen LogP contribution < -0.4 is 19.3 Å². The molecule has 1 aliphatic rings. The maximum atomic E-state index is 10.0. The Hall–Kier alpha value is -8.44. The van der Waals surface area contributed by atoms with Gasteiger partial charge in [-0.15, -0.1) is 0 Å². The number of allylic oxidation sites excluding steroid dienone is 2. The van der Waals surface area contributed by atoms with Crippen LogP contribution in [0, 0.1) is 6.67 Å². The molecule has 1 fully saturated rings. The summed E-state index contributed by atoms with van der Waals surface area (Å²) >= 11 is 2.22. The topological polar surface area (TPSA) is 62.2 Å². The van der Waals surface area contributed by atoms with Crippen molar-refractivity contribution in [1.29, 1.82) is 0 Å². The summed E-state index contributed by atoms with van der Waals surface area (Å²) < 4.78 is 12.7. The molecule has 0 amide bonds. The summed E-state index contributed by atoms with van der Waals surface area (Å²) in [6.07, 6.45) is 1.17. The first-order valence-electron chi connectivity index (χ1n) is 27.5. The number of benzene rings is 10. The standard InChI is InChI=1S/C69H59N2O2.C5H8O2.ClH.Pd/c1-72-58-45-60(64(50-27-11-3-12-28-50)51-29-13-4-14-30-51)68(61(46-58)65(52-31-15-5-16-32-52)53-33-17-6-18-34-53)70-43-44-71(49-70)69-62(66(54-35-19-7-20-36-54)55-37-21-8-22-38-55)47-59(73-2)48-63(69)67(56-39-23-9-24-40-56)57-41-25-10-26-42-57;1-4(6)3-5(2)7;;/h3-42,45-49,64-67H,43-44H2,1-2H3;3,6H,1-2H3;1H;/q-1;;;+2/p-1. The molecule has 0 atom stereocenters. The average Bonchev–Trinajstić information content (AvgIpc) is 4.20. The second-order valence-electron chi connectivity index (χ2n) is 20.2. The van der Waals surface area contributed by atoms with Crippen molar-refractivity contribution in [2.45, 2.75) is 37.5 Å². The van der Waals surface area contributed by atoms with E-state index in [9.17, 15) is 4.79 Å². The molecule has 10 aromatic carbocycles.